The van der Waals surface area contributed by atoms with Crippen molar-refractivity contribution in [2.24, 2.45) is 35.5 Å². The number of carbonyl (C=O) groups excluding carboxylic acids is 2. The van der Waals surface area contributed by atoms with Crippen LogP contribution in [0.15, 0.2) is 18.2 Å². The van der Waals surface area contributed by atoms with E-state index in [1.807, 2.05) is 11.0 Å². The topological polar surface area (TPSA) is 78.9 Å². The first kappa shape index (κ1) is 37.8. The normalized spacial score (nSPS) is 29.8. The van der Waals surface area contributed by atoms with Gasteiger partial charge in [0.1, 0.15) is 23.0 Å². The molecule has 0 spiro atoms. The average molecular weight is 730 g/mol. The summed E-state index contributed by atoms with van der Waals surface area (Å²) in [6, 6.07) is 6.22. The third-order valence-electron chi connectivity index (χ3n) is 12.4. The molecule has 5 aliphatic rings. The van der Waals surface area contributed by atoms with E-state index in [1.165, 1.54) is 11.1 Å². The van der Waals surface area contributed by atoms with Gasteiger partial charge < -0.3 is 18.9 Å². The molecule has 1 aromatic carbocycles. The molecule has 0 N–H and O–H groups in total. The van der Waals surface area contributed by atoms with Crippen molar-refractivity contribution in [2.75, 3.05) is 37.8 Å². The van der Waals surface area contributed by atoms with E-state index in [4.69, 9.17) is 9.47 Å². The van der Waals surface area contributed by atoms with Crippen molar-refractivity contribution in [1.82, 2.24) is 4.90 Å². The summed E-state index contributed by atoms with van der Waals surface area (Å²) < 4.78 is 86.5. The highest BCUT2D eigenvalue weighted by atomic mass is 32.2. The van der Waals surface area contributed by atoms with Crippen molar-refractivity contribution in [3.8, 4) is 5.75 Å². The quantitative estimate of drug-likeness (QED) is 0.102. The number of ketones is 1. The summed E-state index contributed by atoms with van der Waals surface area (Å²) in [6.07, 6.45) is 5.06. The molecule has 2 heterocycles. The summed E-state index contributed by atoms with van der Waals surface area (Å²) in [5.41, 5.74) is 2.65. The van der Waals surface area contributed by atoms with Gasteiger partial charge in [-0.25, -0.2) is 4.79 Å². The Hall–Kier alpha value is -1.92. The highest BCUT2D eigenvalue weighted by Crippen LogP contribution is 2.57. The molecule has 2 aliphatic heterocycles. The Labute approximate surface area is 295 Å². The standard InChI is InChI=1S/C38H52F5NO5S/c39-37(40,38(41,42)43)16-8-18-50(47)17-7-5-3-1-2-4-6-9-25-19-26-20-29(49-36(46)44-21-27-23-48-24-28(27)22-44)10-11-30(26)32-13-12-31-33(35(25)32)14-15-34(31)45/h10-11,20,25,27-28,31-33,35H,1-9,12-19,21-24H2. The van der Waals surface area contributed by atoms with E-state index in [1.54, 1.807) is 0 Å². The number of unbranched alkanes of at least 4 members (excludes halogenated alkanes) is 6. The second kappa shape index (κ2) is 16.4. The Morgan fingerprint density at radius 3 is 2.28 bits per heavy atom. The summed E-state index contributed by atoms with van der Waals surface area (Å²) in [6.45, 7) is 2.80. The maximum Gasteiger partial charge on any atom is 0.453 e. The van der Waals surface area contributed by atoms with Gasteiger partial charge in [-0.2, -0.15) is 22.0 Å². The van der Waals surface area contributed by atoms with E-state index in [0.717, 1.165) is 70.6 Å². The molecular formula is C38H52F5NO5S. The van der Waals surface area contributed by atoms with Crippen LogP contribution in [0.2, 0.25) is 0 Å². The van der Waals surface area contributed by atoms with Gasteiger partial charge in [-0.1, -0.05) is 49.3 Å². The first-order chi connectivity index (χ1) is 23.9. The van der Waals surface area contributed by atoms with Crippen LogP contribution in [-0.4, -0.2) is 71.2 Å². The lowest BCUT2D eigenvalue weighted by molar-refractivity contribution is -0.284. The molecule has 6 rings (SSSR count). The zero-order valence-electron chi connectivity index (χ0n) is 28.9. The molecule has 6 nitrogen and oxygen atoms in total. The monoisotopic (exact) mass is 729 g/mol. The molecule has 8 atom stereocenters. The van der Waals surface area contributed by atoms with Crippen molar-refractivity contribution in [3.63, 3.8) is 0 Å². The number of amides is 1. The van der Waals surface area contributed by atoms with E-state index < -0.39 is 36.1 Å². The zero-order chi connectivity index (χ0) is 35.5. The lowest BCUT2D eigenvalue weighted by Crippen LogP contribution is -2.41. The van der Waals surface area contributed by atoms with Crippen molar-refractivity contribution >= 4 is 23.1 Å². The number of halogens is 5. The minimum atomic E-state index is -5.56. The highest BCUT2D eigenvalue weighted by molar-refractivity contribution is 7.91. The van der Waals surface area contributed by atoms with Gasteiger partial charge >= 0.3 is 18.2 Å². The van der Waals surface area contributed by atoms with Crippen LogP contribution in [0.1, 0.15) is 107 Å². The number of carbonyl (C=O) groups is 2. The fourth-order valence-corrected chi connectivity index (χ4v) is 11.0. The first-order valence-corrected chi connectivity index (χ1v) is 20.4. The second-order valence-corrected chi connectivity index (χ2v) is 17.3. The molecule has 1 amide bonds. The van der Waals surface area contributed by atoms with E-state index in [9.17, 15) is 36.1 Å². The Kier molecular flexibility index (Phi) is 12.4. The molecule has 50 heavy (non-hydrogen) atoms. The number of fused-ring (bicyclic) bond motifs is 6. The lowest BCUT2D eigenvalue weighted by Gasteiger charge is -2.48. The van der Waals surface area contributed by atoms with E-state index in [2.05, 4.69) is 12.1 Å². The minimum absolute atomic E-state index is 0.128. The molecule has 2 saturated heterocycles. The van der Waals surface area contributed by atoms with Crippen LogP contribution in [-0.2, 0) is 27.1 Å². The molecule has 8 unspecified atom stereocenters. The number of nitrogens with zero attached hydrogens (tertiary/aromatic N) is 1. The van der Waals surface area contributed by atoms with Gasteiger partial charge in [-0.05, 0) is 98.3 Å². The number of benzene rings is 1. The van der Waals surface area contributed by atoms with Crippen LogP contribution in [0.3, 0.4) is 0 Å². The fraction of sp³-hybridized carbons (Fsp3) is 0.789. The van der Waals surface area contributed by atoms with Crippen molar-refractivity contribution in [2.45, 2.75) is 114 Å². The first-order valence-electron chi connectivity index (χ1n) is 18.9. The molecule has 1 aromatic rings. The molecule has 4 fully saturated rings. The number of rotatable bonds is 15. The van der Waals surface area contributed by atoms with E-state index in [0.29, 0.717) is 91.9 Å². The van der Waals surface area contributed by atoms with Gasteiger partial charge in [0.05, 0.1) is 13.2 Å². The number of likely N-dealkylation sites (tertiary alicyclic amines) is 1. The van der Waals surface area contributed by atoms with Gasteiger partial charge in [-0.3, -0.25) is 4.79 Å². The van der Waals surface area contributed by atoms with Gasteiger partial charge in [-0.15, -0.1) is 0 Å². The van der Waals surface area contributed by atoms with Crippen molar-refractivity contribution in [3.05, 3.63) is 29.3 Å². The van der Waals surface area contributed by atoms with Crippen LogP contribution >= 0.6 is 0 Å². The maximum atomic E-state index is 13.0. The third-order valence-corrected chi connectivity index (χ3v) is 13.9. The van der Waals surface area contributed by atoms with Crippen molar-refractivity contribution in [1.29, 1.82) is 0 Å². The van der Waals surface area contributed by atoms with Crippen LogP contribution in [0.5, 0.6) is 5.75 Å². The smallest absolute Gasteiger partial charge is 0.453 e. The molecular weight excluding hydrogens is 677 g/mol. The summed E-state index contributed by atoms with van der Waals surface area (Å²) in [5.74, 6) is -0.554. The number of ether oxygens (including phenoxy) is 2. The van der Waals surface area contributed by atoms with Gasteiger partial charge in [0, 0.05) is 43.7 Å². The Morgan fingerprint density at radius 2 is 1.56 bits per heavy atom. The average Bonchev–Trinajstić information content (AvgIpc) is 3.79. The maximum absolute atomic E-state index is 13.0. The molecule has 280 valence electrons. The Balaban J connectivity index is 0.945. The van der Waals surface area contributed by atoms with Crippen LogP contribution in [0, 0.1) is 35.5 Å². The molecule has 2 saturated carbocycles. The summed E-state index contributed by atoms with van der Waals surface area (Å²) in [5, 5.41) is 0. The van der Waals surface area contributed by atoms with Gasteiger partial charge in [0.15, 0.2) is 0 Å². The summed E-state index contributed by atoms with van der Waals surface area (Å²) in [7, 11) is 0. The predicted molar refractivity (Wildman–Crippen MR) is 181 cm³/mol. The zero-order valence-corrected chi connectivity index (χ0v) is 29.7. The second-order valence-electron chi connectivity index (χ2n) is 15.6. The third kappa shape index (κ3) is 8.81. The van der Waals surface area contributed by atoms with Crippen molar-refractivity contribution < 1.29 is 45.6 Å². The Morgan fingerprint density at radius 1 is 0.900 bits per heavy atom. The summed E-state index contributed by atoms with van der Waals surface area (Å²) in [4.78, 5) is 27.6. The fourth-order valence-electron chi connectivity index (χ4n) is 9.81. The molecule has 0 aromatic heterocycles. The lowest BCUT2D eigenvalue weighted by atomic mass is 9.56. The van der Waals surface area contributed by atoms with Crippen LogP contribution in [0.25, 0.3) is 0 Å². The predicted octanol–water partition coefficient (Wildman–Crippen LogP) is 8.87. The highest BCUT2D eigenvalue weighted by Gasteiger charge is 2.56. The number of hydrogen-bond acceptors (Lipinski definition) is 5. The summed E-state index contributed by atoms with van der Waals surface area (Å²) >= 11 is -1.38. The number of Topliss-reactive ketones (excluding diaryl/α,β-unsaturated/α-hetero) is 1. The molecule has 0 bridgehead atoms. The van der Waals surface area contributed by atoms with Crippen LogP contribution < -0.4 is 4.74 Å². The minimum Gasteiger partial charge on any atom is -0.616 e. The van der Waals surface area contributed by atoms with E-state index in [-0.39, 0.29) is 17.8 Å². The molecule has 12 heteroatoms. The Bertz CT molecular complexity index is 1320. The largest absolute Gasteiger partial charge is 0.616 e. The van der Waals surface area contributed by atoms with Gasteiger partial charge in [0.2, 0.25) is 0 Å². The number of hydrogen-bond donors (Lipinski definition) is 0. The molecule has 3 aliphatic carbocycles. The van der Waals surface area contributed by atoms with Crippen LogP contribution in [0.4, 0.5) is 26.7 Å². The number of alkyl halides is 5. The van der Waals surface area contributed by atoms with Gasteiger partial charge in [0.25, 0.3) is 0 Å². The SMILES string of the molecule is O=C1CCC2C1CCC1c3ccc(OC(=O)N4CC5COCC5C4)cc3CC(CCCCCCCCC[S+]([O-])CCCC(F)(F)C(F)(F)F)C12. The van der Waals surface area contributed by atoms with E-state index >= 15 is 0 Å². The molecule has 0 radical (unpaired) electrons.